The molecule has 0 aromatic rings. The van der Waals surface area contributed by atoms with Crippen molar-refractivity contribution < 1.29 is 14.3 Å². The Morgan fingerprint density at radius 2 is 1.69 bits per heavy atom. The molecule has 0 radical (unpaired) electrons. The van der Waals surface area contributed by atoms with Crippen LogP contribution in [0, 0.1) is 0 Å². The molecule has 3 heteroatoms. The van der Waals surface area contributed by atoms with Crippen LogP contribution in [0.4, 0.5) is 0 Å². The third-order valence-corrected chi connectivity index (χ3v) is 2.63. The Balaban J connectivity index is 2.20. The van der Waals surface area contributed by atoms with Crippen LogP contribution in [0.2, 0.25) is 0 Å². The Bertz CT molecular complexity index is 211. The highest BCUT2D eigenvalue weighted by atomic mass is 16.6. The molecule has 0 unspecified atom stereocenters. The van der Waals surface area contributed by atoms with Gasteiger partial charge in [0.2, 0.25) is 0 Å². The molecule has 0 bridgehead atoms. The van der Waals surface area contributed by atoms with Gasteiger partial charge < -0.3 is 9.47 Å². The number of carbonyl (C=O) groups is 1. The molecule has 1 aliphatic rings. The lowest BCUT2D eigenvalue weighted by atomic mass is 10.1. The normalized spacial score (nSPS) is 23.9. The maximum absolute atomic E-state index is 11.1. The molecule has 0 N–H and O–H groups in total. The fraction of sp³-hybridized carbons (Fsp3) is 0.769. The second-order valence-electron chi connectivity index (χ2n) is 4.12. The molecule has 3 nitrogen and oxygen atoms in total. The smallest absolute Gasteiger partial charge is 0.332 e. The van der Waals surface area contributed by atoms with E-state index in [4.69, 9.17) is 9.47 Å². The lowest BCUT2D eigenvalue weighted by Crippen LogP contribution is -2.13. The first-order chi connectivity index (χ1) is 7.89. The van der Waals surface area contributed by atoms with E-state index in [1.807, 2.05) is 6.08 Å². The quantitative estimate of drug-likeness (QED) is 0.470. The minimum atomic E-state index is -0.247. The van der Waals surface area contributed by atoms with Crippen molar-refractivity contribution in [1.82, 2.24) is 0 Å². The summed E-state index contributed by atoms with van der Waals surface area (Å²) in [4.78, 5) is 11.1. The summed E-state index contributed by atoms with van der Waals surface area (Å²) in [6.45, 7) is 1.12. The van der Waals surface area contributed by atoms with Crippen LogP contribution in [-0.2, 0) is 14.3 Å². The van der Waals surface area contributed by atoms with Crippen molar-refractivity contribution in [2.24, 2.45) is 0 Å². The van der Waals surface area contributed by atoms with Crippen LogP contribution in [0.3, 0.4) is 0 Å². The number of allylic oxidation sites excluding steroid dienone is 1. The van der Waals surface area contributed by atoms with Crippen molar-refractivity contribution in [2.45, 2.75) is 44.9 Å². The predicted octanol–water partition coefficient (Wildman–Crippen LogP) is 2.85. The van der Waals surface area contributed by atoms with E-state index < -0.39 is 0 Å². The van der Waals surface area contributed by atoms with Gasteiger partial charge in [-0.15, -0.1) is 0 Å². The summed E-state index contributed by atoms with van der Waals surface area (Å²) < 4.78 is 10.2. The third kappa shape index (κ3) is 7.46. The van der Waals surface area contributed by atoms with Crippen molar-refractivity contribution in [3.63, 3.8) is 0 Å². The van der Waals surface area contributed by atoms with Gasteiger partial charge in [0.15, 0.2) is 0 Å². The molecule has 92 valence electrons. The van der Waals surface area contributed by atoms with Crippen LogP contribution < -0.4 is 0 Å². The van der Waals surface area contributed by atoms with Gasteiger partial charge in [-0.2, -0.15) is 0 Å². The van der Waals surface area contributed by atoms with Crippen LogP contribution in [0.25, 0.3) is 0 Å². The van der Waals surface area contributed by atoms with Crippen molar-refractivity contribution in [2.75, 3.05) is 19.8 Å². The lowest BCUT2D eigenvalue weighted by Gasteiger charge is -2.04. The summed E-state index contributed by atoms with van der Waals surface area (Å²) in [5, 5.41) is 0. The summed E-state index contributed by atoms with van der Waals surface area (Å²) in [6, 6.07) is 0. The molecule has 0 saturated heterocycles. The molecule has 16 heavy (non-hydrogen) atoms. The van der Waals surface area contributed by atoms with Crippen molar-refractivity contribution in [3.05, 3.63) is 12.2 Å². The van der Waals surface area contributed by atoms with Gasteiger partial charge in [0.25, 0.3) is 0 Å². The van der Waals surface area contributed by atoms with Gasteiger partial charge in [0, 0.05) is 0 Å². The van der Waals surface area contributed by atoms with Gasteiger partial charge in [-0.05, 0) is 19.3 Å². The zero-order chi connectivity index (χ0) is 11.5. The van der Waals surface area contributed by atoms with Crippen LogP contribution in [0.15, 0.2) is 12.2 Å². The third-order valence-electron chi connectivity index (χ3n) is 2.63. The van der Waals surface area contributed by atoms with Gasteiger partial charge >= 0.3 is 5.97 Å². The maximum Gasteiger partial charge on any atom is 0.332 e. The second kappa shape index (κ2) is 9.40. The first kappa shape index (κ1) is 13.2. The average Bonchev–Trinajstić information content (AvgIpc) is 2.29. The largest absolute Gasteiger partial charge is 0.464 e. The summed E-state index contributed by atoms with van der Waals surface area (Å²) >= 11 is 0. The molecule has 1 rings (SSSR count). The molecule has 0 saturated carbocycles. The van der Waals surface area contributed by atoms with Crippen LogP contribution in [-0.4, -0.2) is 25.8 Å². The Morgan fingerprint density at radius 1 is 0.938 bits per heavy atom. The van der Waals surface area contributed by atoms with E-state index in [0.29, 0.717) is 13.2 Å². The summed E-state index contributed by atoms with van der Waals surface area (Å²) in [5.41, 5.74) is 0. The fourth-order valence-corrected chi connectivity index (χ4v) is 1.70. The number of rotatable bonds is 0. The van der Waals surface area contributed by atoms with Gasteiger partial charge in [-0.1, -0.05) is 37.8 Å². The highest BCUT2D eigenvalue weighted by Gasteiger charge is 2.01. The number of cyclic esters (lactones) is 1. The summed E-state index contributed by atoms with van der Waals surface area (Å²) in [5.74, 6) is -0.247. The van der Waals surface area contributed by atoms with Crippen LogP contribution in [0.1, 0.15) is 44.9 Å². The zero-order valence-electron chi connectivity index (χ0n) is 9.95. The van der Waals surface area contributed by atoms with Gasteiger partial charge in [0.05, 0.1) is 13.2 Å². The highest BCUT2D eigenvalue weighted by Crippen LogP contribution is 2.08. The van der Waals surface area contributed by atoms with Crippen molar-refractivity contribution in [1.29, 1.82) is 0 Å². The van der Waals surface area contributed by atoms with Crippen molar-refractivity contribution >= 4 is 5.97 Å². The SMILES string of the molecule is O=C1COC/C=C\CCCCCCCCO1. The minimum Gasteiger partial charge on any atom is -0.464 e. The molecule has 0 amide bonds. The van der Waals surface area contributed by atoms with E-state index in [-0.39, 0.29) is 12.6 Å². The van der Waals surface area contributed by atoms with Crippen molar-refractivity contribution in [3.8, 4) is 0 Å². The van der Waals surface area contributed by atoms with Crippen LogP contribution >= 0.6 is 0 Å². The molecule has 1 heterocycles. The Hall–Kier alpha value is -0.830. The molecule has 0 fully saturated rings. The Morgan fingerprint density at radius 3 is 2.56 bits per heavy atom. The molecule has 1 aliphatic heterocycles. The Kier molecular flexibility index (Phi) is 7.78. The number of esters is 1. The number of ether oxygens (including phenoxy) is 2. The first-order valence-electron chi connectivity index (χ1n) is 6.28. The second-order valence-corrected chi connectivity index (χ2v) is 4.12. The fourth-order valence-electron chi connectivity index (χ4n) is 1.70. The number of hydrogen-bond donors (Lipinski definition) is 0. The summed E-state index contributed by atoms with van der Waals surface area (Å²) in [6.07, 6.45) is 12.5. The van der Waals surface area contributed by atoms with Gasteiger partial charge in [0.1, 0.15) is 6.61 Å². The van der Waals surface area contributed by atoms with Crippen LogP contribution in [0.5, 0.6) is 0 Å². The monoisotopic (exact) mass is 226 g/mol. The molecule has 0 spiro atoms. The molecule has 0 aromatic heterocycles. The minimum absolute atomic E-state index is 0.0737. The summed E-state index contributed by atoms with van der Waals surface area (Å²) in [7, 11) is 0. The lowest BCUT2D eigenvalue weighted by molar-refractivity contribution is -0.148. The Labute approximate surface area is 97.8 Å². The number of hydrogen-bond acceptors (Lipinski definition) is 3. The average molecular weight is 226 g/mol. The number of carbonyl (C=O) groups excluding carboxylic acids is 1. The van der Waals surface area contributed by atoms with E-state index in [0.717, 1.165) is 19.3 Å². The molecular formula is C13H22O3. The topological polar surface area (TPSA) is 35.5 Å². The molecule has 0 aliphatic carbocycles. The zero-order valence-corrected chi connectivity index (χ0v) is 9.95. The maximum atomic E-state index is 11.1. The standard InChI is InChI=1S/C13H22O3/c14-13-12-15-10-8-6-4-2-1-3-5-7-9-11-16-13/h6,8H,1-5,7,9-12H2/b8-6-. The molecule has 0 atom stereocenters. The van der Waals surface area contributed by atoms with E-state index >= 15 is 0 Å². The van der Waals surface area contributed by atoms with E-state index in [9.17, 15) is 4.79 Å². The van der Waals surface area contributed by atoms with Gasteiger partial charge in [-0.3, -0.25) is 0 Å². The highest BCUT2D eigenvalue weighted by molar-refractivity contribution is 5.70. The molecular weight excluding hydrogens is 204 g/mol. The van der Waals surface area contributed by atoms with E-state index in [1.165, 1.54) is 25.7 Å². The molecule has 0 aromatic carbocycles. The van der Waals surface area contributed by atoms with Gasteiger partial charge in [-0.25, -0.2) is 4.79 Å². The van der Waals surface area contributed by atoms with E-state index in [2.05, 4.69) is 6.08 Å². The van der Waals surface area contributed by atoms with E-state index in [1.54, 1.807) is 0 Å². The first-order valence-corrected chi connectivity index (χ1v) is 6.28. The predicted molar refractivity (Wildman–Crippen MR) is 63.2 cm³/mol.